The predicted octanol–water partition coefficient (Wildman–Crippen LogP) is 0.878. The summed E-state index contributed by atoms with van der Waals surface area (Å²) in [5, 5.41) is 3.61. The van der Waals surface area contributed by atoms with Crippen molar-refractivity contribution in [2.45, 2.75) is 6.92 Å². The quantitative estimate of drug-likeness (QED) is 0.538. The molecule has 2 heterocycles. The van der Waals surface area contributed by atoms with Crippen LogP contribution in [0.3, 0.4) is 0 Å². The summed E-state index contributed by atoms with van der Waals surface area (Å²) in [5.74, 6) is 0.500. The molecule has 0 aromatic heterocycles. The standard InChI is InChI=1S/C6H5N3O/c1-4-2-9-10-6-5(4)7-3-8-6/h2-3H,1H3. The Morgan fingerprint density at radius 2 is 2.30 bits per heavy atom. The molecule has 2 aliphatic rings. The zero-order chi connectivity index (χ0) is 6.97. The topological polar surface area (TPSA) is 51.8 Å². The number of aromatic nitrogens is 3. The minimum Gasteiger partial charge on any atom is -0.334 e. The maximum absolute atomic E-state index is 4.81. The lowest BCUT2D eigenvalue weighted by Gasteiger charge is -1.93. The summed E-state index contributed by atoms with van der Waals surface area (Å²) in [6.07, 6.45) is 3.08. The van der Waals surface area contributed by atoms with Crippen LogP contribution in [0, 0.1) is 6.92 Å². The summed E-state index contributed by atoms with van der Waals surface area (Å²) in [5.41, 5.74) is 1.77. The summed E-state index contributed by atoms with van der Waals surface area (Å²) in [4.78, 5) is 7.81. The number of nitrogens with zero attached hydrogens (tertiary/aromatic N) is 3. The minimum atomic E-state index is 0.500. The van der Waals surface area contributed by atoms with Gasteiger partial charge in [0.25, 0.3) is 5.89 Å². The second-order valence-electron chi connectivity index (χ2n) is 2.04. The highest BCUT2D eigenvalue weighted by Crippen LogP contribution is 2.17. The van der Waals surface area contributed by atoms with E-state index < -0.39 is 0 Å². The summed E-state index contributed by atoms with van der Waals surface area (Å²) < 4.78 is 4.81. The summed E-state index contributed by atoms with van der Waals surface area (Å²) in [6.45, 7) is 1.92. The van der Waals surface area contributed by atoms with Crippen LogP contribution in [0.1, 0.15) is 5.56 Å². The fourth-order valence-corrected chi connectivity index (χ4v) is 0.809. The molecule has 4 heteroatoms. The van der Waals surface area contributed by atoms with Crippen molar-refractivity contribution < 1.29 is 4.52 Å². The molecule has 0 aliphatic carbocycles. The van der Waals surface area contributed by atoms with Crippen LogP contribution >= 0.6 is 0 Å². The Morgan fingerprint density at radius 1 is 1.40 bits per heavy atom. The molecule has 0 aromatic rings. The van der Waals surface area contributed by atoms with Crippen LogP contribution in [0.4, 0.5) is 0 Å². The third kappa shape index (κ3) is 0.586. The van der Waals surface area contributed by atoms with Crippen LogP contribution in [-0.2, 0) is 0 Å². The first-order valence-electron chi connectivity index (χ1n) is 2.90. The van der Waals surface area contributed by atoms with Crippen molar-refractivity contribution >= 4 is 0 Å². The van der Waals surface area contributed by atoms with Gasteiger partial charge in [-0.25, -0.2) is 4.98 Å². The lowest BCUT2D eigenvalue weighted by molar-refractivity contribution is 0.401. The number of imidazole rings is 1. The molecular weight excluding hydrogens is 130 g/mol. The van der Waals surface area contributed by atoms with E-state index in [2.05, 4.69) is 15.1 Å². The SMILES string of the molecule is Cc1cnoc2ncnc1-2. The number of aryl methyl sites for hydroxylation is 1. The molecule has 0 amide bonds. The van der Waals surface area contributed by atoms with Gasteiger partial charge in [0.15, 0.2) is 0 Å². The molecule has 0 aromatic carbocycles. The first-order valence-corrected chi connectivity index (χ1v) is 2.90. The largest absolute Gasteiger partial charge is 0.334 e. The van der Waals surface area contributed by atoms with E-state index in [4.69, 9.17) is 4.52 Å². The maximum Gasteiger partial charge on any atom is 0.276 e. The molecule has 0 spiro atoms. The molecule has 50 valence electrons. The van der Waals surface area contributed by atoms with Crippen LogP contribution in [0.2, 0.25) is 0 Å². The normalized spacial score (nSPS) is 10.5. The summed E-state index contributed by atoms with van der Waals surface area (Å²) >= 11 is 0. The lowest BCUT2D eigenvalue weighted by atomic mass is 10.3. The molecular formula is C6H5N3O. The number of rotatable bonds is 0. The van der Waals surface area contributed by atoms with Gasteiger partial charge in [0, 0.05) is 5.56 Å². The van der Waals surface area contributed by atoms with E-state index in [1.54, 1.807) is 6.20 Å². The zero-order valence-electron chi connectivity index (χ0n) is 5.40. The number of fused-ring (bicyclic) bond motifs is 1. The molecule has 2 aliphatic heterocycles. The van der Waals surface area contributed by atoms with Gasteiger partial charge in [-0.15, -0.1) is 0 Å². The second kappa shape index (κ2) is 1.76. The van der Waals surface area contributed by atoms with Gasteiger partial charge in [0.2, 0.25) is 0 Å². The summed E-state index contributed by atoms with van der Waals surface area (Å²) in [6, 6.07) is 0. The van der Waals surface area contributed by atoms with Gasteiger partial charge in [-0.1, -0.05) is 5.16 Å². The van der Waals surface area contributed by atoms with Crippen molar-refractivity contribution in [3.8, 4) is 11.6 Å². The first kappa shape index (κ1) is 5.34. The number of hydrogen-bond donors (Lipinski definition) is 0. The van der Waals surface area contributed by atoms with Crippen LogP contribution in [-0.4, -0.2) is 15.1 Å². The van der Waals surface area contributed by atoms with E-state index >= 15 is 0 Å². The Morgan fingerprint density at radius 3 is 3.10 bits per heavy atom. The Bertz CT molecular complexity index is 317. The average molecular weight is 135 g/mol. The molecule has 0 N–H and O–H groups in total. The molecule has 0 bridgehead atoms. The Balaban J connectivity index is 2.80. The van der Waals surface area contributed by atoms with E-state index in [0.29, 0.717) is 5.89 Å². The van der Waals surface area contributed by atoms with Crippen molar-refractivity contribution in [1.82, 2.24) is 15.1 Å². The van der Waals surface area contributed by atoms with Crippen molar-refractivity contribution in [3.05, 3.63) is 18.1 Å². The van der Waals surface area contributed by atoms with Crippen molar-refractivity contribution in [2.75, 3.05) is 0 Å². The third-order valence-corrected chi connectivity index (χ3v) is 1.32. The highest BCUT2D eigenvalue weighted by atomic mass is 16.5. The zero-order valence-corrected chi connectivity index (χ0v) is 5.40. The van der Waals surface area contributed by atoms with Crippen molar-refractivity contribution in [2.24, 2.45) is 0 Å². The molecule has 0 saturated heterocycles. The van der Waals surface area contributed by atoms with Gasteiger partial charge in [0.1, 0.15) is 12.0 Å². The van der Waals surface area contributed by atoms with E-state index in [0.717, 1.165) is 11.3 Å². The van der Waals surface area contributed by atoms with E-state index in [1.165, 1.54) is 6.33 Å². The van der Waals surface area contributed by atoms with E-state index in [9.17, 15) is 0 Å². The van der Waals surface area contributed by atoms with Gasteiger partial charge >= 0.3 is 0 Å². The van der Waals surface area contributed by atoms with Crippen LogP contribution in [0.25, 0.3) is 11.6 Å². The predicted molar refractivity (Wildman–Crippen MR) is 33.5 cm³/mol. The van der Waals surface area contributed by atoms with E-state index in [1.807, 2.05) is 6.92 Å². The highest BCUT2D eigenvalue weighted by Gasteiger charge is 2.10. The summed E-state index contributed by atoms with van der Waals surface area (Å²) in [7, 11) is 0. The molecule has 0 unspecified atom stereocenters. The fourth-order valence-electron chi connectivity index (χ4n) is 0.809. The lowest BCUT2D eigenvalue weighted by Crippen LogP contribution is -1.85. The Labute approximate surface area is 57.2 Å². The average Bonchev–Trinajstić information content (AvgIpc) is 2.36. The van der Waals surface area contributed by atoms with Crippen LogP contribution < -0.4 is 0 Å². The van der Waals surface area contributed by atoms with Crippen molar-refractivity contribution in [3.63, 3.8) is 0 Å². The van der Waals surface area contributed by atoms with Gasteiger partial charge in [-0.2, -0.15) is 4.98 Å². The van der Waals surface area contributed by atoms with Crippen LogP contribution in [0.5, 0.6) is 0 Å². The smallest absolute Gasteiger partial charge is 0.276 e. The van der Waals surface area contributed by atoms with Crippen LogP contribution in [0.15, 0.2) is 17.0 Å². The van der Waals surface area contributed by atoms with E-state index in [-0.39, 0.29) is 0 Å². The second-order valence-corrected chi connectivity index (χ2v) is 2.04. The van der Waals surface area contributed by atoms with Crippen molar-refractivity contribution in [1.29, 1.82) is 0 Å². The maximum atomic E-state index is 4.81. The van der Waals surface area contributed by atoms with Gasteiger partial charge < -0.3 is 4.52 Å². The monoisotopic (exact) mass is 135 g/mol. The number of hydrogen-bond acceptors (Lipinski definition) is 4. The van der Waals surface area contributed by atoms with Gasteiger partial charge in [0.05, 0.1) is 6.20 Å². The molecule has 0 atom stereocenters. The van der Waals surface area contributed by atoms with Gasteiger partial charge in [-0.3, -0.25) is 0 Å². The third-order valence-electron chi connectivity index (χ3n) is 1.32. The minimum absolute atomic E-state index is 0.500. The highest BCUT2D eigenvalue weighted by molar-refractivity contribution is 5.51. The molecule has 4 nitrogen and oxygen atoms in total. The molecule has 0 radical (unpaired) electrons. The first-order chi connectivity index (χ1) is 4.88. The molecule has 0 fully saturated rings. The Kier molecular flexibility index (Phi) is 0.943. The fraction of sp³-hybridized carbons (Fsp3) is 0.167. The molecule has 2 rings (SSSR count). The Hall–Kier alpha value is -1.45. The molecule has 10 heavy (non-hydrogen) atoms. The van der Waals surface area contributed by atoms with Gasteiger partial charge in [-0.05, 0) is 6.92 Å². The molecule has 0 saturated carbocycles.